The number of amides is 1. The van der Waals surface area contributed by atoms with E-state index in [9.17, 15) is 14.4 Å². The van der Waals surface area contributed by atoms with Crippen LogP contribution in [0.3, 0.4) is 0 Å². The fourth-order valence-electron chi connectivity index (χ4n) is 5.14. The average molecular weight is 426 g/mol. The molecule has 6 heteroatoms. The van der Waals surface area contributed by atoms with Gasteiger partial charge in [0.15, 0.2) is 0 Å². The molecule has 31 heavy (non-hydrogen) atoms. The molecular weight excluding hydrogens is 394 g/mol. The standard InChI is InChI=1S/C25H31NO5/c1-25(2,3)31-23(28)19-10-7-13-26(19)22(27)20-17-11-12-18(14-17)21(20)24(29)30-15-16-8-5-4-6-9-16/h4-6,8-9,11-12,17-21H,7,10,13-15H2,1-3H3/t17-,18+,19+,20-,21+/m1/s1. The number of fused-ring (bicyclic) bond motifs is 2. The van der Waals surface area contributed by atoms with E-state index in [-0.39, 0.29) is 36.3 Å². The number of esters is 2. The number of carbonyl (C=O) groups is 3. The van der Waals surface area contributed by atoms with Crippen LogP contribution in [-0.4, -0.2) is 40.9 Å². The lowest BCUT2D eigenvalue weighted by atomic mass is 9.82. The van der Waals surface area contributed by atoms with Crippen LogP contribution in [0.15, 0.2) is 42.5 Å². The van der Waals surface area contributed by atoms with Gasteiger partial charge in [-0.15, -0.1) is 0 Å². The number of ether oxygens (including phenoxy) is 2. The van der Waals surface area contributed by atoms with Crippen molar-refractivity contribution in [3.8, 4) is 0 Å². The van der Waals surface area contributed by atoms with E-state index in [0.717, 1.165) is 18.4 Å². The van der Waals surface area contributed by atoms with Crippen molar-refractivity contribution in [3.05, 3.63) is 48.0 Å². The third-order valence-corrected chi connectivity index (χ3v) is 6.46. The molecule has 1 saturated heterocycles. The van der Waals surface area contributed by atoms with Crippen molar-refractivity contribution in [1.82, 2.24) is 4.90 Å². The summed E-state index contributed by atoms with van der Waals surface area (Å²) in [6, 6.07) is 8.96. The molecule has 0 unspecified atom stereocenters. The molecule has 2 aliphatic carbocycles. The number of carbonyl (C=O) groups excluding carboxylic acids is 3. The van der Waals surface area contributed by atoms with Gasteiger partial charge in [0.05, 0.1) is 11.8 Å². The maximum absolute atomic E-state index is 13.6. The first-order valence-corrected chi connectivity index (χ1v) is 11.2. The maximum atomic E-state index is 13.6. The molecule has 3 aliphatic rings. The third kappa shape index (κ3) is 4.53. The van der Waals surface area contributed by atoms with E-state index in [1.807, 2.05) is 63.3 Å². The van der Waals surface area contributed by atoms with Crippen LogP contribution in [0.4, 0.5) is 0 Å². The van der Waals surface area contributed by atoms with Crippen LogP contribution in [0.1, 0.15) is 45.6 Å². The van der Waals surface area contributed by atoms with E-state index in [1.54, 1.807) is 4.90 Å². The molecule has 166 valence electrons. The Hall–Kier alpha value is -2.63. The van der Waals surface area contributed by atoms with Gasteiger partial charge in [-0.2, -0.15) is 0 Å². The highest BCUT2D eigenvalue weighted by atomic mass is 16.6. The van der Waals surface area contributed by atoms with E-state index >= 15 is 0 Å². The number of hydrogen-bond acceptors (Lipinski definition) is 5. The molecule has 0 spiro atoms. The Kier molecular flexibility index (Phi) is 5.91. The lowest BCUT2D eigenvalue weighted by molar-refractivity contribution is -0.165. The van der Waals surface area contributed by atoms with Gasteiger partial charge in [0.2, 0.25) is 5.91 Å². The Morgan fingerprint density at radius 1 is 1.00 bits per heavy atom. The molecule has 1 aliphatic heterocycles. The van der Waals surface area contributed by atoms with Crippen LogP contribution in [-0.2, 0) is 30.5 Å². The molecule has 2 fully saturated rings. The van der Waals surface area contributed by atoms with Crippen molar-refractivity contribution in [2.45, 2.75) is 58.3 Å². The number of rotatable bonds is 5. The molecule has 1 aromatic rings. The van der Waals surface area contributed by atoms with Gasteiger partial charge >= 0.3 is 11.9 Å². The minimum Gasteiger partial charge on any atom is -0.461 e. The fourth-order valence-corrected chi connectivity index (χ4v) is 5.14. The zero-order valence-corrected chi connectivity index (χ0v) is 18.5. The highest BCUT2D eigenvalue weighted by Crippen LogP contribution is 2.49. The summed E-state index contributed by atoms with van der Waals surface area (Å²) < 4.78 is 11.2. The molecule has 0 N–H and O–H groups in total. The summed E-state index contributed by atoms with van der Waals surface area (Å²) in [6.07, 6.45) is 6.23. The summed E-state index contributed by atoms with van der Waals surface area (Å²) in [7, 11) is 0. The Balaban J connectivity index is 1.47. The van der Waals surface area contributed by atoms with Crippen LogP contribution < -0.4 is 0 Å². The van der Waals surface area contributed by atoms with E-state index in [4.69, 9.17) is 9.47 Å². The second-order valence-electron chi connectivity index (χ2n) is 9.82. The molecule has 6 nitrogen and oxygen atoms in total. The third-order valence-electron chi connectivity index (χ3n) is 6.46. The number of benzene rings is 1. The largest absolute Gasteiger partial charge is 0.461 e. The number of nitrogens with zero attached hydrogens (tertiary/aromatic N) is 1. The molecule has 1 aromatic carbocycles. The van der Waals surface area contributed by atoms with Crippen LogP contribution in [0.5, 0.6) is 0 Å². The molecule has 0 radical (unpaired) electrons. The second kappa shape index (κ2) is 8.48. The summed E-state index contributed by atoms with van der Waals surface area (Å²) in [4.78, 5) is 41.0. The van der Waals surface area contributed by atoms with Gasteiger partial charge in [0.25, 0.3) is 0 Å². The molecule has 1 heterocycles. The zero-order valence-electron chi connectivity index (χ0n) is 18.5. The molecule has 0 aromatic heterocycles. The minimum atomic E-state index is -0.604. The van der Waals surface area contributed by atoms with E-state index in [2.05, 4.69) is 0 Å². The number of likely N-dealkylation sites (tertiary alicyclic amines) is 1. The monoisotopic (exact) mass is 425 g/mol. The quantitative estimate of drug-likeness (QED) is 0.533. The van der Waals surface area contributed by atoms with Crippen molar-refractivity contribution in [2.24, 2.45) is 23.7 Å². The first kappa shape index (κ1) is 21.6. The summed E-state index contributed by atoms with van der Waals surface area (Å²) in [5, 5.41) is 0. The zero-order chi connectivity index (χ0) is 22.2. The van der Waals surface area contributed by atoms with Crippen LogP contribution in [0.25, 0.3) is 0 Å². The van der Waals surface area contributed by atoms with Gasteiger partial charge in [-0.1, -0.05) is 42.5 Å². The topological polar surface area (TPSA) is 72.9 Å². The summed E-state index contributed by atoms with van der Waals surface area (Å²) in [5.74, 6) is -1.73. The lowest BCUT2D eigenvalue weighted by Gasteiger charge is -2.33. The highest BCUT2D eigenvalue weighted by Gasteiger charge is 2.54. The molecule has 2 bridgehead atoms. The van der Waals surface area contributed by atoms with E-state index in [0.29, 0.717) is 13.0 Å². The van der Waals surface area contributed by atoms with Crippen molar-refractivity contribution in [2.75, 3.05) is 6.54 Å². The van der Waals surface area contributed by atoms with Crippen molar-refractivity contribution in [1.29, 1.82) is 0 Å². The van der Waals surface area contributed by atoms with Crippen LogP contribution >= 0.6 is 0 Å². The second-order valence-corrected chi connectivity index (χ2v) is 9.82. The summed E-state index contributed by atoms with van der Waals surface area (Å²) >= 11 is 0. The molecule has 1 saturated carbocycles. The van der Waals surface area contributed by atoms with Gasteiger partial charge in [0, 0.05) is 6.54 Å². The predicted octanol–water partition coefficient (Wildman–Crippen LogP) is 3.50. The Morgan fingerprint density at radius 3 is 2.35 bits per heavy atom. The molecule has 4 rings (SSSR count). The average Bonchev–Trinajstić information content (AvgIpc) is 3.46. The predicted molar refractivity (Wildman–Crippen MR) is 115 cm³/mol. The van der Waals surface area contributed by atoms with Crippen molar-refractivity contribution >= 4 is 17.8 Å². The van der Waals surface area contributed by atoms with E-state index < -0.39 is 23.5 Å². The van der Waals surface area contributed by atoms with Gasteiger partial charge in [-0.05, 0) is 57.4 Å². The summed E-state index contributed by atoms with van der Waals surface area (Å²) in [6.45, 7) is 6.19. The molecular formula is C25H31NO5. The van der Waals surface area contributed by atoms with Gasteiger partial charge in [-0.25, -0.2) is 4.79 Å². The Labute approximate surface area is 183 Å². The molecule has 1 amide bonds. The maximum Gasteiger partial charge on any atom is 0.329 e. The van der Waals surface area contributed by atoms with Crippen molar-refractivity contribution < 1.29 is 23.9 Å². The lowest BCUT2D eigenvalue weighted by Crippen LogP contribution is -2.49. The van der Waals surface area contributed by atoms with Crippen molar-refractivity contribution in [3.63, 3.8) is 0 Å². The normalized spacial score (nSPS) is 29.3. The number of hydrogen-bond donors (Lipinski definition) is 0. The smallest absolute Gasteiger partial charge is 0.329 e. The minimum absolute atomic E-state index is 0.0183. The van der Waals surface area contributed by atoms with Gasteiger partial charge in [-0.3, -0.25) is 9.59 Å². The first-order valence-electron chi connectivity index (χ1n) is 11.2. The highest BCUT2D eigenvalue weighted by molar-refractivity contribution is 5.91. The SMILES string of the molecule is CC(C)(C)OC(=O)[C@@H]1CCCN1C(=O)[C@H]1[C@@H](C(=O)OCc2ccccc2)[C@H]2C=C[C@@H]1C2. The van der Waals surface area contributed by atoms with Crippen LogP contribution in [0, 0.1) is 23.7 Å². The first-order chi connectivity index (χ1) is 14.7. The Bertz CT molecular complexity index is 872. The molecule has 5 atom stereocenters. The summed E-state index contributed by atoms with van der Waals surface area (Å²) in [5.41, 5.74) is 0.315. The van der Waals surface area contributed by atoms with Gasteiger partial charge < -0.3 is 14.4 Å². The fraction of sp³-hybridized carbons (Fsp3) is 0.560. The van der Waals surface area contributed by atoms with Crippen LogP contribution in [0.2, 0.25) is 0 Å². The number of allylic oxidation sites excluding steroid dienone is 2. The Morgan fingerprint density at radius 2 is 1.68 bits per heavy atom. The van der Waals surface area contributed by atoms with E-state index in [1.165, 1.54) is 0 Å². The van der Waals surface area contributed by atoms with Gasteiger partial charge in [0.1, 0.15) is 18.2 Å².